The summed E-state index contributed by atoms with van der Waals surface area (Å²) in [7, 11) is 0. The third kappa shape index (κ3) is 2.10. The zero-order chi connectivity index (χ0) is 9.97. The van der Waals surface area contributed by atoms with Gasteiger partial charge in [0, 0.05) is 5.02 Å². The molecule has 1 aliphatic rings. The van der Waals surface area contributed by atoms with Crippen LogP contribution in [0.4, 0.5) is 0 Å². The number of hydrogen-bond donors (Lipinski definition) is 1. The van der Waals surface area contributed by atoms with Crippen LogP contribution in [0.1, 0.15) is 24.8 Å². The second kappa shape index (κ2) is 4.33. The van der Waals surface area contributed by atoms with Gasteiger partial charge in [-0.3, -0.25) is 0 Å². The summed E-state index contributed by atoms with van der Waals surface area (Å²) in [6.07, 6.45) is 4.03. The van der Waals surface area contributed by atoms with Gasteiger partial charge in [0.25, 0.3) is 0 Å². The second-order valence-electron chi connectivity index (χ2n) is 4.05. The average Bonchev–Trinajstić information content (AvgIpc) is 2.56. The molecule has 0 saturated heterocycles. The third-order valence-electron chi connectivity index (χ3n) is 3.06. The number of rotatable bonds is 2. The lowest BCUT2D eigenvalue weighted by molar-refractivity contribution is 0.133. The van der Waals surface area contributed by atoms with Crippen LogP contribution in [0.15, 0.2) is 24.3 Å². The third-order valence-corrected chi connectivity index (χ3v) is 3.43. The van der Waals surface area contributed by atoms with Gasteiger partial charge >= 0.3 is 0 Å². The highest BCUT2D eigenvalue weighted by molar-refractivity contribution is 6.31. The van der Waals surface area contributed by atoms with Crippen molar-refractivity contribution < 1.29 is 5.11 Å². The van der Waals surface area contributed by atoms with Gasteiger partial charge in [-0.05, 0) is 36.8 Å². The van der Waals surface area contributed by atoms with Gasteiger partial charge in [0.1, 0.15) is 0 Å². The predicted molar refractivity (Wildman–Crippen MR) is 58.5 cm³/mol. The van der Waals surface area contributed by atoms with Gasteiger partial charge in [0.15, 0.2) is 0 Å². The van der Waals surface area contributed by atoms with E-state index in [0.717, 1.165) is 30.7 Å². The first-order valence-electron chi connectivity index (χ1n) is 5.19. The van der Waals surface area contributed by atoms with Crippen LogP contribution < -0.4 is 0 Å². The highest BCUT2D eigenvalue weighted by Gasteiger charge is 2.25. The van der Waals surface area contributed by atoms with Crippen LogP contribution in [0.5, 0.6) is 0 Å². The van der Waals surface area contributed by atoms with E-state index in [2.05, 4.69) is 0 Å². The summed E-state index contributed by atoms with van der Waals surface area (Å²) in [5.74, 6) is 0.412. The van der Waals surface area contributed by atoms with Crippen LogP contribution in [0.25, 0.3) is 0 Å². The monoisotopic (exact) mass is 210 g/mol. The highest BCUT2D eigenvalue weighted by atomic mass is 35.5. The lowest BCUT2D eigenvalue weighted by atomic mass is 9.96. The van der Waals surface area contributed by atoms with Crippen molar-refractivity contribution in [2.45, 2.75) is 31.8 Å². The van der Waals surface area contributed by atoms with Crippen molar-refractivity contribution in [3.05, 3.63) is 34.9 Å². The maximum atomic E-state index is 9.70. The Morgan fingerprint density at radius 3 is 2.71 bits per heavy atom. The van der Waals surface area contributed by atoms with Crippen molar-refractivity contribution in [2.75, 3.05) is 0 Å². The summed E-state index contributed by atoms with van der Waals surface area (Å²) in [5.41, 5.74) is 1.17. The Kier molecular flexibility index (Phi) is 3.09. The first-order chi connectivity index (χ1) is 6.77. The molecule has 0 heterocycles. The summed E-state index contributed by atoms with van der Waals surface area (Å²) in [5, 5.41) is 10.5. The topological polar surface area (TPSA) is 20.2 Å². The molecule has 2 rings (SSSR count). The van der Waals surface area contributed by atoms with Crippen molar-refractivity contribution >= 4 is 11.6 Å². The number of benzene rings is 1. The quantitative estimate of drug-likeness (QED) is 0.796. The Morgan fingerprint density at radius 1 is 1.29 bits per heavy atom. The number of aliphatic hydroxyl groups is 1. The molecule has 1 N–H and O–H groups in total. The fourth-order valence-electron chi connectivity index (χ4n) is 2.20. The molecular weight excluding hydrogens is 196 g/mol. The van der Waals surface area contributed by atoms with Crippen LogP contribution >= 0.6 is 11.6 Å². The van der Waals surface area contributed by atoms with E-state index in [4.69, 9.17) is 11.6 Å². The molecule has 0 bridgehead atoms. The van der Waals surface area contributed by atoms with E-state index in [0.29, 0.717) is 5.92 Å². The Hall–Kier alpha value is -0.530. The largest absolute Gasteiger partial charge is 0.393 e. The van der Waals surface area contributed by atoms with Gasteiger partial charge in [-0.1, -0.05) is 36.2 Å². The van der Waals surface area contributed by atoms with Crippen LogP contribution in [0.3, 0.4) is 0 Å². The number of hydrogen-bond acceptors (Lipinski definition) is 1. The molecule has 0 amide bonds. The van der Waals surface area contributed by atoms with Gasteiger partial charge in [-0.25, -0.2) is 0 Å². The molecule has 1 aromatic carbocycles. The zero-order valence-corrected chi connectivity index (χ0v) is 8.87. The van der Waals surface area contributed by atoms with Crippen molar-refractivity contribution in [3.63, 3.8) is 0 Å². The molecule has 0 radical (unpaired) electrons. The van der Waals surface area contributed by atoms with Crippen LogP contribution in [0.2, 0.25) is 5.02 Å². The van der Waals surface area contributed by atoms with Crippen molar-refractivity contribution in [3.8, 4) is 0 Å². The molecule has 1 fully saturated rings. The summed E-state index contributed by atoms with van der Waals surface area (Å²) in [4.78, 5) is 0. The highest BCUT2D eigenvalue weighted by Crippen LogP contribution is 2.30. The minimum Gasteiger partial charge on any atom is -0.393 e. The molecule has 1 saturated carbocycles. The van der Waals surface area contributed by atoms with Gasteiger partial charge in [-0.2, -0.15) is 0 Å². The van der Waals surface area contributed by atoms with Crippen LogP contribution in [-0.4, -0.2) is 11.2 Å². The van der Waals surface area contributed by atoms with Crippen molar-refractivity contribution in [1.82, 2.24) is 0 Å². The molecular formula is C12H15ClO. The Morgan fingerprint density at radius 2 is 2.07 bits per heavy atom. The van der Waals surface area contributed by atoms with Gasteiger partial charge in [-0.15, -0.1) is 0 Å². The molecule has 1 nitrogen and oxygen atoms in total. The van der Waals surface area contributed by atoms with E-state index >= 15 is 0 Å². The second-order valence-corrected chi connectivity index (χ2v) is 4.46. The molecule has 1 aliphatic carbocycles. The maximum absolute atomic E-state index is 9.70. The van der Waals surface area contributed by atoms with Gasteiger partial charge < -0.3 is 5.11 Å². The first kappa shape index (κ1) is 10.0. The lowest BCUT2D eigenvalue weighted by Crippen LogP contribution is -2.15. The number of aliphatic hydroxyl groups excluding tert-OH is 1. The summed E-state index contributed by atoms with van der Waals surface area (Å²) in [6, 6.07) is 7.91. The van der Waals surface area contributed by atoms with E-state index < -0.39 is 0 Å². The summed E-state index contributed by atoms with van der Waals surface area (Å²) in [6.45, 7) is 0. The minimum atomic E-state index is -0.119. The fraction of sp³-hybridized carbons (Fsp3) is 0.500. The molecule has 2 atom stereocenters. The normalized spacial score (nSPS) is 26.7. The van der Waals surface area contributed by atoms with E-state index in [1.807, 2.05) is 24.3 Å². The van der Waals surface area contributed by atoms with Crippen LogP contribution in [-0.2, 0) is 6.42 Å². The Labute approximate surface area is 89.7 Å². The van der Waals surface area contributed by atoms with Crippen molar-refractivity contribution in [2.24, 2.45) is 5.92 Å². The summed E-state index contributed by atoms with van der Waals surface area (Å²) >= 11 is 6.07. The molecule has 1 aromatic rings. The minimum absolute atomic E-state index is 0.119. The van der Waals surface area contributed by atoms with E-state index in [1.54, 1.807) is 0 Å². The van der Waals surface area contributed by atoms with E-state index in [-0.39, 0.29) is 6.10 Å². The molecule has 2 heteroatoms. The van der Waals surface area contributed by atoms with Gasteiger partial charge in [0.05, 0.1) is 6.10 Å². The molecule has 2 unspecified atom stereocenters. The SMILES string of the molecule is OC1CCCC1Cc1ccccc1Cl. The summed E-state index contributed by atoms with van der Waals surface area (Å²) < 4.78 is 0. The lowest BCUT2D eigenvalue weighted by Gasteiger charge is -2.14. The molecule has 14 heavy (non-hydrogen) atoms. The standard InChI is InChI=1S/C12H15ClO/c13-11-6-2-1-4-9(11)8-10-5-3-7-12(10)14/h1-2,4,6,10,12,14H,3,5,7-8H2. The first-order valence-corrected chi connectivity index (χ1v) is 5.56. The maximum Gasteiger partial charge on any atom is 0.0571 e. The molecule has 0 spiro atoms. The Bertz CT molecular complexity index is 311. The molecule has 0 aromatic heterocycles. The zero-order valence-electron chi connectivity index (χ0n) is 8.12. The van der Waals surface area contributed by atoms with Crippen molar-refractivity contribution in [1.29, 1.82) is 0 Å². The van der Waals surface area contributed by atoms with Crippen LogP contribution in [0, 0.1) is 5.92 Å². The Balaban J connectivity index is 2.07. The smallest absolute Gasteiger partial charge is 0.0571 e. The van der Waals surface area contributed by atoms with E-state index in [9.17, 15) is 5.11 Å². The number of halogens is 1. The predicted octanol–water partition coefficient (Wildman–Crippen LogP) is 3.04. The fourth-order valence-corrected chi connectivity index (χ4v) is 2.41. The van der Waals surface area contributed by atoms with E-state index in [1.165, 1.54) is 5.56 Å². The van der Waals surface area contributed by atoms with Gasteiger partial charge in [0.2, 0.25) is 0 Å². The molecule has 0 aliphatic heterocycles. The average molecular weight is 211 g/mol. The molecule has 76 valence electrons.